The van der Waals surface area contributed by atoms with Gasteiger partial charge >= 0.3 is 12.1 Å². The highest BCUT2D eigenvalue weighted by Gasteiger charge is 2.35. The predicted molar refractivity (Wildman–Crippen MR) is 114 cm³/mol. The average Bonchev–Trinajstić information content (AvgIpc) is 2.81. The van der Waals surface area contributed by atoms with E-state index in [9.17, 15) is 9.59 Å². The highest BCUT2D eigenvalue weighted by molar-refractivity contribution is 5.80. The van der Waals surface area contributed by atoms with Crippen molar-refractivity contribution in [2.24, 2.45) is 0 Å². The number of amides is 1. The van der Waals surface area contributed by atoms with Crippen molar-refractivity contribution in [3.05, 3.63) is 71.8 Å². The second kappa shape index (κ2) is 11.5. The zero-order valence-corrected chi connectivity index (χ0v) is 17.6. The first-order chi connectivity index (χ1) is 15.0. The summed E-state index contributed by atoms with van der Waals surface area (Å²) in [6, 6.07) is 18.7. The van der Waals surface area contributed by atoms with Gasteiger partial charge in [0.05, 0.1) is 19.3 Å². The van der Waals surface area contributed by atoms with E-state index in [4.69, 9.17) is 19.3 Å². The summed E-state index contributed by atoms with van der Waals surface area (Å²) in [4.78, 5) is 23.6. The third-order valence-electron chi connectivity index (χ3n) is 5.29. The summed E-state index contributed by atoms with van der Waals surface area (Å²) < 4.78 is 18.0. The van der Waals surface area contributed by atoms with Crippen LogP contribution < -0.4 is 5.32 Å². The lowest BCUT2D eigenvalue weighted by Crippen LogP contribution is -2.45. The molecule has 1 heterocycles. The molecule has 1 aliphatic heterocycles. The zero-order chi connectivity index (χ0) is 22.1. The fourth-order valence-corrected chi connectivity index (χ4v) is 3.69. The molecule has 0 bridgehead atoms. The van der Waals surface area contributed by atoms with Crippen molar-refractivity contribution in [3.8, 4) is 0 Å². The van der Waals surface area contributed by atoms with Gasteiger partial charge < -0.3 is 24.6 Å². The van der Waals surface area contributed by atoms with Crippen LogP contribution in [0.1, 0.15) is 37.3 Å². The van der Waals surface area contributed by atoms with Gasteiger partial charge in [-0.1, -0.05) is 60.7 Å². The Morgan fingerprint density at radius 1 is 1.00 bits per heavy atom. The first-order valence-electron chi connectivity index (χ1n) is 10.5. The maximum absolute atomic E-state index is 12.5. The quantitative estimate of drug-likeness (QED) is 0.651. The molecule has 7 nitrogen and oxygen atoms in total. The Morgan fingerprint density at radius 3 is 2.16 bits per heavy atom. The van der Waals surface area contributed by atoms with Gasteiger partial charge in [-0.25, -0.2) is 9.59 Å². The number of carbonyl (C=O) groups is 2. The molecule has 4 atom stereocenters. The summed E-state index contributed by atoms with van der Waals surface area (Å²) in [6.45, 7) is 2.53. The number of hydrogen-bond donors (Lipinski definition) is 2. The van der Waals surface area contributed by atoms with E-state index in [-0.39, 0.29) is 6.10 Å². The monoisotopic (exact) mass is 427 g/mol. The van der Waals surface area contributed by atoms with Crippen LogP contribution in [0.2, 0.25) is 0 Å². The molecule has 0 aromatic heterocycles. The second-order valence-electron chi connectivity index (χ2n) is 7.67. The van der Waals surface area contributed by atoms with Crippen LogP contribution in [-0.4, -0.2) is 41.5 Å². The smallest absolute Gasteiger partial charge is 0.405 e. The molecule has 2 N–H and O–H groups in total. The van der Waals surface area contributed by atoms with E-state index in [1.165, 1.54) is 0 Å². The summed E-state index contributed by atoms with van der Waals surface area (Å²) in [5.74, 6) is -0.591. The van der Waals surface area contributed by atoms with Crippen LogP contribution in [0.25, 0.3) is 0 Å². The van der Waals surface area contributed by atoms with Crippen molar-refractivity contribution in [1.29, 1.82) is 0 Å². The summed E-state index contributed by atoms with van der Waals surface area (Å²) in [6.07, 6.45) is -1.10. The molecule has 0 spiro atoms. The van der Waals surface area contributed by atoms with Crippen LogP contribution >= 0.6 is 0 Å². The topological polar surface area (TPSA) is 94.1 Å². The standard InChI is InChI=1S/C24H29NO6/c1-17-22(30-16-19-11-6-3-7-12-19)21(29-15-18-9-4-2-5-10-18)14-8-13-20(23(26)31-17)25-24(27)28/h2-7,9-12,17,20-22,25H,8,13-16H2,1H3,(H,27,28)/t17-,20-,21-,22-/m0/s1. The van der Waals surface area contributed by atoms with E-state index in [0.717, 1.165) is 11.1 Å². The number of esters is 1. The second-order valence-corrected chi connectivity index (χ2v) is 7.67. The number of ether oxygens (including phenoxy) is 3. The minimum Gasteiger partial charge on any atom is -0.465 e. The molecule has 0 aliphatic carbocycles. The number of carbonyl (C=O) groups excluding carboxylic acids is 1. The van der Waals surface area contributed by atoms with Gasteiger partial charge in [0.2, 0.25) is 0 Å². The number of benzene rings is 2. The van der Waals surface area contributed by atoms with Gasteiger partial charge in [0.15, 0.2) is 0 Å². The first-order valence-corrected chi connectivity index (χ1v) is 10.5. The van der Waals surface area contributed by atoms with Crippen molar-refractivity contribution in [2.45, 2.75) is 63.8 Å². The Balaban J connectivity index is 1.75. The predicted octanol–water partition coefficient (Wildman–Crippen LogP) is 3.91. The molecule has 1 aliphatic rings. The van der Waals surface area contributed by atoms with Gasteiger partial charge in [-0.3, -0.25) is 0 Å². The summed E-state index contributed by atoms with van der Waals surface area (Å²) in [5.41, 5.74) is 2.05. The fourth-order valence-electron chi connectivity index (χ4n) is 3.69. The van der Waals surface area contributed by atoms with Crippen molar-refractivity contribution in [3.63, 3.8) is 0 Å². The number of rotatable bonds is 7. The van der Waals surface area contributed by atoms with Crippen LogP contribution in [0.5, 0.6) is 0 Å². The summed E-state index contributed by atoms with van der Waals surface area (Å²) >= 11 is 0. The third-order valence-corrected chi connectivity index (χ3v) is 5.29. The van der Waals surface area contributed by atoms with Gasteiger partial charge in [0, 0.05) is 0 Å². The van der Waals surface area contributed by atoms with Gasteiger partial charge in [-0.2, -0.15) is 0 Å². The Labute approximate surface area is 182 Å². The number of carboxylic acid groups (broad SMARTS) is 1. The maximum Gasteiger partial charge on any atom is 0.405 e. The fraction of sp³-hybridized carbons (Fsp3) is 0.417. The Hall–Kier alpha value is -2.90. The van der Waals surface area contributed by atoms with Crippen LogP contribution in [0.4, 0.5) is 4.79 Å². The normalized spacial score (nSPS) is 24.4. The molecule has 1 amide bonds. The van der Waals surface area contributed by atoms with Crippen molar-refractivity contribution >= 4 is 12.1 Å². The molecule has 7 heteroatoms. The zero-order valence-electron chi connectivity index (χ0n) is 17.6. The third kappa shape index (κ3) is 7.08. The van der Waals surface area contributed by atoms with Crippen LogP contribution in [0, 0.1) is 0 Å². The molecule has 2 aromatic carbocycles. The Morgan fingerprint density at radius 2 is 1.58 bits per heavy atom. The van der Waals surface area contributed by atoms with Crippen molar-refractivity contribution < 1.29 is 28.9 Å². The van der Waals surface area contributed by atoms with E-state index in [0.29, 0.717) is 32.5 Å². The molecule has 0 saturated carbocycles. The van der Waals surface area contributed by atoms with Gasteiger partial charge in [-0.05, 0) is 37.3 Å². The molecule has 31 heavy (non-hydrogen) atoms. The highest BCUT2D eigenvalue weighted by atomic mass is 16.6. The van der Waals surface area contributed by atoms with Crippen LogP contribution in [0.15, 0.2) is 60.7 Å². The van der Waals surface area contributed by atoms with Crippen molar-refractivity contribution in [1.82, 2.24) is 5.32 Å². The molecule has 1 saturated heterocycles. The van der Waals surface area contributed by atoms with Gasteiger partial charge in [0.25, 0.3) is 0 Å². The van der Waals surface area contributed by atoms with E-state index in [2.05, 4.69) is 5.32 Å². The molecule has 1 fully saturated rings. The summed E-state index contributed by atoms with van der Waals surface area (Å²) in [7, 11) is 0. The molecular formula is C24H29NO6. The van der Waals surface area contributed by atoms with E-state index in [1.807, 2.05) is 60.7 Å². The number of nitrogens with one attached hydrogen (secondary N) is 1. The van der Waals surface area contributed by atoms with Crippen LogP contribution in [0.3, 0.4) is 0 Å². The van der Waals surface area contributed by atoms with Crippen molar-refractivity contribution in [2.75, 3.05) is 0 Å². The Bertz CT molecular complexity index is 828. The minimum absolute atomic E-state index is 0.310. The largest absolute Gasteiger partial charge is 0.465 e. The average molecular weight is 427 g/mol. The molecule has 2 aromatic rings. The molecule has 3 rings (SSSR count). The summed E-state index contributed by atoms with van der Waals surface area (Å²) in [5, 5.41) is 11.3. The SMILES string of the molecule is C[C@@H]1OC(=O)[C@@H](NC(=O)O)CCC[C@H](OCc2ccccc2)[C@H]1OCc1ccccc1. The number of cyclic esters (lactones) is 1. The lowest BCUT2D eigenvalue weighted by atomic mass is 10.0. The van der Waals surface area contributed by atoms with E-state index < -0.39 is 30.3 Å². The Kier molecular flexibility index (Phi) is 8.44. The number of hydrogen-bond acceptors (Lipinski definition) is 5. The van der Waals surface area contributed by atoms with Gasteiger partial charge in [0.1, 0.15) is 18.2 Å². The molecule has 0 unspecified atom stereocenters. The van der Waals surface area contributed by atoms with Gasteiger partial charge in [-0.15, -0.1) is 0 Å². The lowest BCUT2D eigenvalue weighted by molar-refractivity contribution is -0.170. The lowest BCUT2D eigenvalue weighted by Gasteiger charge is -2.31. The first kappa shape index (κ1) is 22.8. The minimum atomic E-state index is -1.25. The van der Waals surface area contributed by atoms with E-state index in [1.54, 1.807) is 6.92 Å². The molecule has 0 radical (unpaired) electrons. The van der Waals surface area contributed by atoms with E-state index >= 15 is 0 Å². The highest BCUT2D eigenvalue weighted by Crippen LogP contribution is 2.24. The molecular weight excluding hydrogens is 398 g/mol. The maximum atomic E-state index is 12.5. The molecule has 166 valence electrons. The van der Waals surface area contributed by atoms with Crippen LogP contribution in [-0.2, 0) is 32.2 Å².